The Balaban J connectivity index is 1.58. The van der Waals surface area contributed by atoms with Gasteiger partial charge in [-0.2, -0.15) is 0 Å². The largest absolute Gasteiger partial charge is 0.454 e. The molecule has 28 heavy (non-hydrogen) atoms. The van der Waals surface area contributed by atoms with Crippen molar-refractivity contribution in [3.8, 4) is 11.5 Å². The van der Waals surface area contributed by atoms with Crippen LogP contribution in [0.2, 0.25) is 0 Å². The summed E-state index contributed by atoms with van der Waals surface area (Å²) < 4.78 is 19.3. The Bertz CT molecular complexity index is 732. The Labute approximate surface area is 161 Å². The van der Waals surface area contributed by atoms with Crippen LogP contribution in [0, 0.1) is 0 Å². The van der Waals surface area contributed by atoms with E-state index < -0.39 is 37.1 Å². The molecule has 0 atom stereocenters. The molecular weight excluding hydrogens is 368 g/mol. The van der Waals surface area contributed by atoms with Gasteiger partial charge in [-0.15, -0.1) is 0 Å². The van der Waals surface area contributed by atoms with Gasteiger partial charge in [0.1, 0.15) is 11.5 Å². The maximum atomic E-state index is 11.6. The number of carbonyl (C=O) groups is 4. The van der Waals surface area contributed by atoms with E-state index in [2.05, 4.69) is 0 Å². The van der Waals surface area contributed by atoms with E-state index in [0.29, 0.717) is 11.5 Å². The molecule has 0 spiro atoms. The summed E-state index contributed by atoms with van der Waals surface area (Å²) >= 11 is 0. The summed E-state index contributed by atoms with van der Waals surface area (Å²) in [7, 11) is 0. The number of ether oxygens (including phenoxy) is 4. The van der Waals surface area contributed by atoms with E-state index in [9.17, 15) is 19.2 Å². The first-order chi connectivity index (χ1) is 13.5. The molecule has 0 aliphatic rings. The smallest absolute Gasteiger partial charge is 0.349 e. The molecule has 0 bridgehead atoms. The maximum Gasteiger partial charge on any atom is 0.349 e. The quantitative estimate of drug-likeness (QED) is 0.476. The van der Waals surface area contributed by atoms with E-state index >= 15 is 0 Å². The van der Waals surface area contributed by atoms with Gasteiger partial charge in [-0.05, 0) is 24.3 Å². The second kappa shape index (κ2) is 11.1. The van der Waals surface area contributed by atoms with Crippen LogP contribution in [0.4, 0.5) is 0 Å². The van der Waals surface area contributed by atoms with Gasteiger partial charge in [-0.3, -0.25) is 9.59 Å². The second-order valence-electron chi connectivity index (χ2n) is 5.40. The SMILES string of the molecule is O=C(CCC(=O)OCC(=O)Oc1ccccc1)OCC(=O)Oc1ccccc1. The molecule has 0 amide bonds. The summed E-state index contributed by atoms with van der Waals surface area (Å²) in [6.07, 6.45) is -0.601. The minimum Gasteiger partial charge on any atom is -0.454 e. The van der Waals surface area contributed by atoms with Crippen molar-refractivity contribution in [2.45, 2.75) is 12.8 Å². The summed E-state index contributed by atoms with van der Waals surface area (Å²) in [6.45, 7) is -1.15. The minimum absolute atomic E-state index is 0.300. The first-order valence-corrected chi connectivity index (χ1v) is 8.35. The molecule has 0 saturated carbocycles. The highest BCUT2D eigenvalue weighted by molar-refractivity contribution is 5.82. The number of rotatable bonds is 9. The molecule has 0 aromatic heterocycles. The van der Waals surface area contributed by atoms with Crippen LogP contribution in [0.5, 0.6) is 11.5 Å². The predicted molar refractivity (Wildman–Crippen MR) is 95.3 cm³/mol. The molecule has 8 heteroatoms. The minimum atomic E-state index is -0.770. The van der Waals surface area contributed by atoms with Crippen LogP contribution in [-0.4, -0.2) is 37.1 Å². The molecule has 2 aromatic rings. The van der Waals surface area contributed by atoms with Crippen molar-refractivity contribution in [1.29, 1.82) is 0 Å². The molecule has 0 radical (unpaired) electrons. The summed E-state index contributed by atoms with van der Waals surface area (Å²) in [5.41, 5.74) is 0. The van der Waals surface area contributed by atoms with Crippen molar-refractivity contribution < 1.29 is 38.1 Å². The Morgan fingerprint density at radius 1 is 0.536 bits per heavy atom. The van der Waals surface area contributed by atoms with Crippen LogP contribution in [0.3, 0.4) is 0 Å². The van der Waals surface area contributed by atoms with Gasteiger partial charge in [0.25, 0.3) is 0 Å². The third-order valence-electron chi connectivity index (χ3n) is 3.19. The molecular formula is C20H18O8. The van der Waals surface area contributed by atoms with E-state index in [1.54, 1.807) is 60.7 Å². The molecule has 146 valence electrons. The van der Waals surface area contributed by atoms with Gasteiger partial charge in [0, 0.05) is 0 Å². The molecule has 0 aliphatic heterocycles. The number of para-hydroxylation sites is 2. The average molecular weight is 386 g/mol. The van der Waals surface area contributed by atoms with Gasteiger partial charge in [0.2, 0.25) is 0 Å². The average Bonchev–Trinajstić information content (AvgIpc) is 2.70. The highest BCUT2D eigenvalue weighted by Crippen LogP contribution is 2.09. The van der Waals surface area contributed by atoms with E-state index in [-0.39, 0.29) is 12.8 Å². The lowest BCUT2D eigenvalue weighted by Crippen LogP contribution is -2.21. The summed E-state index contributed by atoms with van der Waals surface area (Å²) in [5.74, 6) is -2.37. The zero-order chi connectivity index (χ0) is 20.2. The zero-order valence-electron chi connectivity index (χ0n) is 14.9. The molecule has 0 heterocycles. The lowest BCUT2D eigenvalue weighted by atomic mass is 10.3. The van der Waals surface area contributed by atoms with Crippen molar-refractivity contribution in [3.63, 3.8) is 0 Å². The standard InChI is InChI=1S/C20H18O8/c21-17(25-13-19(23)27-15-7-3-1-4-8-15)11-12-18(22)26-14-20(24)28-16-9-5-2-6-10-16/h1-10H,11-14H2. The fraction of sp³-hybridized carbons (Fsp3) is 0.200. The van der Waals surface area contributed by atoms with Crippen molar-refractivity contribution in [2.75, 3.05) is 13.2 Å². The summed E-state index contributed by atoms with van der Waals surface area (Å²) in [6, 6.07) is 16.6. The summed E-state index contributed by atoms with van der Waals surface area (Å²) in [5, 5.41) is 0. The van der Waals surface area contributed by atoms with Crippen LogP contribution in [0.1, 0.15) is 12.8 Å². The van der Waals surface area contributed by atoms with Crippen LogP contribution < -0.4 is 9.47 Å². The van der Waals surface area contributed by atoms with Crippen LogP contribution in [0.25, 0.3) is 0 Å². The molecule has 2 aromatic carbocycles. The Kier molecular flexibility index (Phi) is 8.19. The monoisotopic (exact) mass is 386 g/mol. The normalized spacial score (nSPS) is 9.86. The van der Waals surface area contributed by atoms with Crippen molar-refractivity contribution in [3.05, 3.63) is 60.7 Å². The number of benzene rings is 2. The molecule has 0 aliphatic carbocycles. The van der Waals surface area contributed by atoms with Gasteiger partial charge >= 0.3 is 23.9 Å². The topological polar surface area (TPSA) is 105 Å². The second-order valence-corrected chi connectivity index (χ2v) is 5.40. The third kappa shape index (κ3) is 8.13. The Morgan fingerprint density at radius 3 is 1.25 bits per heavy atom. The molecule has 0 N–H and O–H groups in total. The van der Waals surface area contributed by atoms with Gasteiger partial charge in [0.15, 0.2) is 13.2 Å². The highest BCUT2D eigenvalue weighted by Gasteiger charge is 2.14. The van der Waals surface area contributed by atoms with Crippen molar-refractivity contribution in [1.82, 2.24) is 0 Å². The number of hydrogen-bond acceptors (Lipinski definition) is 8. The molecule has 0 saturated heterocycles. The van der Waals surface area contributed by atoms with Crippen LogP contribution >= 0.6 is 0 Å². The third-order valence-corrected chi connectivity index (χ3v) is 3.19. The maximum absolute atomic E-state index is 11.6. The van der Waals surface area contributed by atoms with Gasteiger partial charge in [-0.25, -0.2) is 9.59 Å². The number of carbonyl (C=O) groups excluding carboxylic acids is 4. The molecule has 0 fully saturated rings. The molecule has 0 unspecified atom stereocenters. The lowest BCUT2D eigenvalue weighted by molar-refractivity contribution is -0.157. The van der Waals surface area contributed by atoms with Gasteiger partial charge in [-0.1, -0.05) is 36.4 Å². The van der Waals surface area contributed by atoms with E-state index in [4.69, 9.17) is 18.9 Å². The van der Waals surface area contributed by atoms with Crippen molar-refractivity contribution >= 4 is 23.9 Å². The molecule has 8 nitrogen and oxygen atoms in total. The zero-order valence-corrected chi connectivity index (χ0v) is 14.9. The van der Waals surface area contributed by atoms with E-state index in [1.807, 2.05) is 0 Å². The lowest BCUT2D eigenvalue weighted by Gasteiger charge is -2.07. The predicted octanol–water partition coefficient (Wildman–Crippen LogP) is 2.06. The van der Waals surface area contributed by atoms with E-state index in [0.717, 1.165) is 0 Å². The Morgan fingerprint density at radius 2 is 0.893 bits per heavy atom. The van der Waals surface area contributed by atoms with Crippen LogP contribution in [0.15, 0.2) is 60.7 Å². The fourth-order valence-electron chi connectivity index (χ4n) is 1.93. The highest BCUT2D eigenvalue weighted by atomic mass is 16.6. The van der Waals surface area contributed by atoms with Gasteiger partial charge < -0.3 is 18.9 Å². The number of hydrogen-bond donors (Lipinski definition) is 0. The fourth-order valence-corrected chi connectivity index (χ4v) is 1.93. The van der Waals surface area contributed by atoms with E-state index in [1.165, 1.54) is 0 Å². The van der Waals surface area contributed by atoms with Crippen LogP contribution in [-0.2, 0) is 28.7 Å². The Hall–Kier alpha value is -3.68. The summed E-state index contributed by atoms with van der Waals surface area (Å²) in [4.78, 5) is 46.2. The van der Waals surface area contributed by atoms with Crippen molar-refractivity contribution in [2.24, 2.45) is 0 Å². The molecule has 2 rings (SSSR count). The van der Waals surface area contributed by atoms with Gasteiger partial charge in [0.05, 0.1) is 12.8 Å². The first kappa shape index (κ1) is 20.6. The first-order valence-electron chi connectivity index (χ1n) is 8.35. The number of esters is 4.